The van der Waals surface area contributed by atoms with E-state index in [4.69, 9.17) is 10.1 Å². The fraction of sp³-hybridized carbons (Fsp3) is 0.200. The molecule has 30 heavy (non-hydrogen) atoms. The van der Waals surface area contributed by atoms with Gasteiger partial charge in [-0.05, 0) is 73.9 Å². The first-order valence-corrected chi connectivity index (χ1v) is 11.7. The SMILES string of the molecule is CC(C)NC(=N)c1c(O)nsc1Nc1ccc(Oc2ccc(S(C)(=O)=O)cc2)cc1. The van der Waals surface area contributed by atoms with Crippen molar-refractivity contribution < 1.29 is 18.3 Å². The van der Waals surface area contributed by atoms with Crippen LogP contribution in [0.5, 0.6) is 17.4 Å². The molecule has 0 fully saturated rings. The average Bonchev–Trinajstić information content (AvgIpc) is 3.03. The molecule has 3 rings (SSSR count). The Bertz CT molecular complexity index is 1140. The Morgan fingerprint density at radius 1 is 1.10 bits per heavy atom. The van der Waals surface area contributed by atoms with Gasteiger partial charge < -0.3 is 20.5 Å². The van der Waals surface area contributed by atoms with Crippen LogP contribution in [-0.2, 0) is 9.84 Å². The van der Waals surface area contributed by atoms with Crippen molar-refractivity contribution in [3.05, 3.63) is 54.1 Å². The van der Waals surface area contributed by atoms with Crippen molar-refractivity contribution in [2.75, 3.05) is 11.6 Å². The van der Waals surface area contributed by atoms with Gasteiger partial charge in [0, 0.05) is 18.0 Å². The molecule has 0 radical (unpaired) electrons. The number of nitrogens with zero attached hydrogens (tertiary/aromatic N) is 1. The zero-order valence-electron chi connectivity index (χ0n) is 16.6. The molecule has 0 aliphatic heterocycles. The minimum atomic E-state index is -3.25. The number of aromatic hydroxyl groups is 1. The fourth-order valence-electron chi connectivity index (χ4n) is 2.58. The third kappa shape index (κ3) is 5.28. The molecule has 0 spiro atoms. The monoisotopic (exact) mass is 446 g/mol. The molecule has 158 valence electrons. The molecule has 8 nitrogen and oxygen atoms in total. The van der Waals surface area contributed by atoms with Gasteiger partial charge in [-0.3, -0.25) is 5.41 Å². The summed E-state index contributed by atoms with van der Waals surface area (Å²) in [6.07, 6.45) is 1.16. The van der Waals surface area contributed by atoms with Crippen LogP contribution in [0, 0.1) is 5.41 Å². The molecule has 0 aliphatic carbocycles. The summed E-state index contributed by atoms with van der Waals surface area (Å²) >= 11 is 1.06. The summed E-state index contributed by atoms with van der Waals surface area (Å²) in [6, 6.07) is 13.3. The number of nitrogens with one attached hydrogen (secondary N) is 3. The molecule has 0 saturated heterocycles. The molecule has 0 atom stereocenters. The van der Waals surface area contributed by atoms with E-state index in [-0.39, 0.29) is 22.7 Å². The van der Waals surface area contributed by atoms with Crippen LogP contribution < -0.4 is 15.4 Å². The van der Waals surface area contributed by atoms with E-state index in [2.05, 4.69) is 15.0 Å². The summed E-state index contributed by atoms with van der Waals surface area (Å²) in [7, 11) is -3.25. The summed E-state index contributed by atoms with van der Waals surface area (Å²) in [6.45, 7) is 3.82. The van der Waals surface area contributed by atoms with Crippen molar-refractivity contribution in [1.29, 1.82) is 5.41 Å². The Balaban J connectivity index is 1.71. The maximum atomic E-state index is 11.5. The summed E-state index contributed by atoms with van der Waals surface area (Å²) in [5.41, 5.74) is 1.05. The maximum absolute atomic E-state index is 11.5. The average molecular weight is 447 g/mol. The van der Waals surface area contributed by atoms with Crippen LogP contribution in [0.4, 0.5) is 10.7 Å². The molecule has 4 N–H and O–H groups in total. The van der Waals surface area contributed by atoms with Gasteiger partial charge in [-0.25, -0.2) is 8.42 Å². The second kappa shape index (κ2) is 8.72. The molecule has 0 aliphatic rings. The van der Waals surface area contributed by atoms with Crippen molar-refractivity contribution in [2.24, 2.45) is 0 Å². The van der Waals surface area contributed by atoms with Crippen molar-refractivity contribution in [1.82, 2.24) is 9.69 Å². The van der Waals surface area contributed by atoms with Crippen LogP contribution >= 0.6 is 11.5 Å². The van der Waals surface area contributed by atoms with Gasteiger partial charge in [0.05, 0.1) is 4.90 Å². The van der Waals surface area contributed by atoms with Crippen LogP contribution in [0.25, 0.3) is 0 Å². The quantitative estimate of drug-likeness (QED) is 0.318. The zero-order valence-corrected chi connectivity index (χ0v) is 18.3. The molecule has 1 heterocycles. The maximum Gasteiger partial charge on any atom is 0.236 e. The van der Waals surface area contributed by atoms with Gasteiger partial charge in [-0.1, -0.05) is 0 Å². The van der Waals surface area contributed by atoms with Gasteiger partial charge in [0.1, 0.15) is 27.9 Å². The van der Waals surface area contributed by atoms with E-state index in [1.165, 1.54) is 12.1 Å². The van der Waals surface area contributed by atoms with E-state index in [1.54, 1.807) is 36.4 Å². The highest BCUT2D eigenvalue weighted by atomic mass is 32.2. The number of rotatable bonds is 7. The van der Waals surface area contributed by atoms with Gasteiger partial charge in [-0.2, -0.15) is 4.37 Å². The lowest BCUT2D eigenvalue weighted by atomic mass is 10.2. The van der Waals surface area contributed by atoms with E-state index in [0.717, 1.165) is 23.5 Å². The number of ether oxygens (including phenoxy) is 1. The molecule has 0 unspecified atom stereocenters. The van der Waals surface area contributed by atoms with Gasteiger partial charge in [0.2, 0.25) is 5.88 Å². The van der Waals surface area contributed by atoms with Gasteiger partial charge in [-0.15, -0.1) is 0 Å². The topological polar surface area (TPSA) is 124 Å². The second-order valence-electron chi connectivity index (χ2n) is 6.88. The lowest BCUT2D eigenvalue weighted by Crippen LogP contribution is -2.30. The third-order valence-electron chi connectivity index (χ3n) is 3.96. The summed E-state index contributed by atoms with van der Waals surface area (Å²) in [5.74, 6) is 0.995. The summed E-state index contributed by atoms with van der Waals surface area (Å²) < 4.78 is 32.7. The van der Waals surface area contributed by atoms with Gasteiger partial charge in [0.15, 0.2) is 9.84 Å². The normalized spacial score (nSPS) is 11.3. The standard InChI is InChI=1S/C20H22N4O4S2/c1-12(2)22-18(21)17-19(25)24-29-20(17)23-13-4-6-14(7-5-13)28-15-8-10-16(11-9-15)30(3,26)27/h4-12,23H,1-3H3,(H2,21,22)(H,24,25). The number of hydrogen-bond donors (Lipinski definition) is 4. The fourth-order valence-corrected chi connectivity index (χ4v) is 3.93. The van der Waals surface area contributed by atoms with Crippen LogP contribution in [0.3, 0.4) is 0 Å². The minimum Gasteiger partial charge on any atom is -0.492 e. The lowest BCUT2D eigenvalue weighted by Gasteiger charge is -2.12. The van der Waals surface area contributed by atoms with E-state index in [9.17, 15) is 13.5 Å². The molecule has 3 aromatic rings. The van der Waals surface area contributed by atoms with Crippen molar-refractivity contribution in [2.45, 2.75) is 24.8 Å². The zero-order chi connectivity index (χ0) is 21.9. The van der Waals surface area contributed by atoms with Gasteiger partial charge in [0.25, 0.3) is 0 Å². The Morgan fingerprint density at radius 2 is 1.67 bits per heavy atom. The molecular weight excluding hydrogens is 424 g/mol. The van der Waals surface area contributed by atoms with Gasteiger partial charge >= 0.3 is 0 Å². The van der Waals surface area contributed by atoms with E-state index < -0.39 is 9.84 Å². The first kappa shape index (κ1) is 21.6. The number of aromatic nitrogens is 1. The predicted molar refractivity (Wildman–Crippen MR) is 118 cm³/mol. The highest BCUT2D eigenvalue weighted by Gasteiger charge is 2.18. The molecule has 10 heteroatoms. The third-order valence-corrected chi connectivity index (χ3v) is 5.84. The molecule has 0 saturated carbocycles. The Hall–Kier alpha value is -3.11. The van der Waals surface area contributed by atoms with E-state index in [1.807, 2.05) is 13.8 Å². The van der Waals surface area contributed by atoms with E-state index in [0.29, 0.717) is 22.1 Å². The number of hydrogen-bond acceptors (Lipinski definition) is 8. The first-order chi connectivity index (χ1) is 14.1. The van der Waals surface area contributed by atoms with Crippen molar-refractivity contribution >= 4 is 37.9 Å². The summed E-state index contributed by atoms with van der Waals surface area (Å²) in [4.78, 5) is 0.232. The Morgan fingerprint density at radius 3 is 2.20 bits per heavy atom. The molecule has 1 aromatic heterocycles. The molecular formula is C20H22N4O4S2. The van der Waals surface area contributed by atoms with Crippen LogP contribution in [-0.4, -0.2) is 36.0 Å². The smallest absolute Gasteiger partial charge is 0.236 e. The van der Waals surface area contributed by atoms with Crippen LogP contribution in [0.1, 0.15) is 19.4 Å². The second-order valence-corrected chi connectivity index (χ2v) is 9.67. The first-order valence-electron chi connectivity index (χ1n) is 9.02. The highest BCUT2D eigenvalue weighted by Crippen LogP contribution is 2.33. The molecule has 0 amide bonds. The van der Waals surface area contributed by atoms with Crippen LogP contribution in [0.2, 0.25) is 0 Å². The van der Waals surface area contributed by atoms with E-state index >= 15 is 0 Å². The largest absolute Gasteiger partial charge is 0.492 e. The van der Waals surface area contributed by atoms with Crippen molar-refractivity contribution in [3.8, 4) is 17.4 Å². The lowest BCUT2D eigenvalue weighted by molar-refractivity contribution is 0.458. The predicted octanol–water partition coefficient (Wildman–Crippen LogP) is 4.11. The number of sulfone groups is 1. The van der Waals surface area contributed by atoms with Crippen LogP contribution in [0.15, 0.2) is 53.4 Å². The Labute approximate surface area is 179 Å². The number of anilines is 2. The number of benzene rings is 2. The number of amidine groups is 1. The van der Waals surface area contributed by atoms with Crippen molar-refractivity contribution in [3.63, 3.8) is 0 Å². The Kier molecular flexibility index (Phi) is 6.28. The molecule has 2 aromatic carbocycles. The molecule has 0 bridgehead atoms. The summed E-state index contributed by atoms with van der Waals surface area (Å²) in [5, 5.41) is 24.8. The highest BCUT2D eigenvalue weighted by molar-refractivity contribution is 7.90. The minimum absolute atomic E-state index is 0.0487.